The molecule has 0 spiro atoms. The molecular weight excluding hydrogens is 216 g/mol. The summed E-state index contributed by atoms with van der Waals surface area (Å²) in [6.45, 7) is 2.40. The van der Waals surface area contributed by atoms with Gasteiger partial charge in [0.05, 0.1) is 11.8 Å². The third-order valence-corrected chi connectivity index (χ3v) is 2.71. The van der Waals surface area contributed by atoms with Crippen molar-refractivity contribution in [3.05, 3.63) is 53.5 Å². The maximum absolute atomic E-state index is 11.7. The molecular formula is C13H14N2O2. The molecule has 88 valence electrons. The summed E-state index contributed by atoms with van der Waals surface area (Å²) in [5.41, 5.74) is 9.07. The minimum absolute atomic E-state index is 0.152. The molecule has 0 saturated carbocycles. The number of nitrogens with one attached hydrogen (secondary N) is 1. The molecule has 0 unspecified atom stereocenters. The van der Waals surface area contributed by atoms with Gasteiger partial charge in [-0.05, 0) is 30.2 Å². The summed E-state index contributed by atoms with van der Waals surface area (Å²) in [7, 11) is 0. The summed E-state index contributed by atoms with van der Waals surface area (Å²) in [6, 6.07) is 7.29. The Morgan fingerprint density at radius 3 is 2.94 bits per heavy atom. The summed E-state index contributed by atoms with van der Waals surface area (Å²) in [6.07, 6.45) is 2.89. The lowest BCUT2D eigenvalue weighted by atomic mass is 10.1. The third-order valence-electron chi connectivity index (χ3n) is 2.71. The molecule has 1 aromatic heterocycles. The van der Waals surface area contributed by atoms with Crippen molar-refractivity contribution in [1.82, 2.24) is 5.32 Å². The van der Waals surface area contributed by atoms with Crippen molar-refractivity contribution in [2.75, 3.05) is 5.73 Å². The molecule has 3 N–H and O–H groups in total. The van der Waals surface area contributed by atoms with Crippen LogP contribution in [0.3, 0.4) is 0 Å². The van der Waals surface area contributed by atoms with Gasteiger partial charge in [-0.25, -0.2) is 0 Å². The first-order valence-corrected chi connectivity index (χ1v) is 5.33. The molecule has 0 aliphatic rings. The van der Waals surface area contributed by atoms with E-state index in [4.69, 9.17) is 10.2 Å². The number of hydrogen-bond donors (Lipinski definition) is 2. The van der Waals surface area contributed by atoms with E-state index >= 15 is 0 Å². The van der Waals surface area contributed by atoms with Gasteiger partial charge < -0.3 is 15.5 Å². The lowest BCUT2D eigenvalue weighted by molar-refractivity contribution is 0.0950. The highest BCUT2D eigenvalue weighted by molar-refractivity contribution is 5.93. The normalized spacial score (nSPS) is 10.2. The minimum Gasteiger partial charge on any atom is -0.472 e. The molecule has 1 amide bonds. The molecule has 0 radical (unpaired) electrons. The fraction of sp³-hybridized carbons (Fsp3) is 0.154. The Balaban J connectivity index is 2.03. The average Bonchev–Trinajstić information content (AvgIpc) is 2.84. The highest BCUT2D eigenvalue weighted by Crippen LogP contribution is 2.15. The van der Waals surface area contributed by atoms with Crippen molar-refractivity contribution in [3.8, 4) is 0 Å². The van der Waals surface area contributed by atoms with E-state index in [-0.39, 0.29) is 5.91 Å². The lowest BCUT2D eigenvalue weighted by Crippen LogP contribution is -2.22. The van der Waals surface area contributed by atoms with Gasteiger partial charge in [-0.15, -0.1) is 0 Å². The van der Waals surface area contributed by atoms with Gasteiger partial charge in [0.1, 0.15) is 6.26 Å². The van der Waals surface area contributed by atoms with Crippen molar-refractivity contribution in [2.24, 2.45) is 0 Å². The lowest BCUT2D eigenvalue weighted by Gasteiger charge is -2.09. The molecule has 2 rings (SSSR count). The minimum atomic E-state index is -0.152. The molecule has 0 aliphatic carbocycles. The fourth-order valence-corrected chi connectivity index (χ4v) is 1.57. The summed E-state index contributed by atoms with van der Waals surface area (Å²) < 4.78 is 4.85. The van der Waals surface area contributed by atoms with Gasteiger partial charge in [0.25, 0.3) is 5.91 Å². The maximum atomic E-state index is 11.7. The van der Waals surface area contributed by atoms with Crippen LogP contribution in [0.2, 0.25) is 0 Å². The summed E-state index contributed by atoms with van der Waals surface area (Å²) in [5.74, 6) is -0.152. The SMILES string of the molecule is Cc1c(N)cccc1CNC(=O)c1ccoc1. The molecule has 0 fully saturated rings. The largest absolute Gasteiger partial charge is 0.472 e. The van der Waals surface area contributed by atoms with Crippen LogP contribution in [0.4, 0.5) is 5.69 Å². The van der Waals surface area contributed by atoms with E-state index in [0.29, 0.717) is 12.1 Å². The van der Waals surface area contributed by atoms with Crippen LogP contribution in [-0.4, -0.2) is 5.91 Å². The zero-order chi connectivity index (χ0) is 12.3. The first-order chi connectivity index (χ1) is 8.18. The number of furan rings is 1. The van der Waals surface area contributed by atoms with E-state index in [1.54, 1.807) is 6.07 Å². The summed E-state index contributed by atoms with van der Waals surface area (Å²) in [4.78, 5) is 11.7. The van der Waals surface area contributed by atoms with Gasteiger partial charge in [-0.1, -0.05) is 12.1 Å². The second-order valence-electron chi connectivity index (χ2n) is 3.83. The molecule has 0 aliphatic heterocycles. The van der Waals surface area contributed by atoms with Gasteiger partial charge in [-0.2, -0.15) is 0 Å². The number of rotatable bonds is 3. The first-order valence-electron chi connectivity index (χ1n) is 5.33. The van der Waals surface area contributed by atoms with E-state index in [0.717, 1.165) is 16.8 Å². The topological polar surface area (TPSA) is 68.3 Å². The Morgan fingerprint density at radius 1 is 1.41 bits per heavy atom. The van der Waals surface area contributed by atoms with Crippen molar-refractivity contribution in [3.63, 3.8) is 0 Å². The number of carbonyl (C=O) groups excluding carboxylic acids is 1. The zero-order valence-electron chi connectivity index (χ0n) is 9.57. The van der Waals surface area contributed by atoms with Crippen LogP contribution in [0.1, 0.15) is 21.5 Å². The van der Waals surface area contributed by atoms with E-state index in [1.165, 1.54) is 12.5 Å². The van der Waals surface area contributed by atoms with E-state index in [9.17, 15) is 4.79 Å². The average molecular weight is 230 g/mol. The smallest absolute Gasteiger partial charge is 0.254 e. The third kappa shape index (κ3) is 2.47. The van der Waals surface area contributed by atoms with Crippen LogP contribution < -0.4 is 11.1 Å². The van der Waals surface area contributed by atoms with Gasteiger partial charge in [-0.3, -0.25) is 4.79 Å². The van der Waals surface area contributed by atoms with Crippen molar-refractivity contribution in [2.45, 2.75) is 13.5 Å². The standard InChI is InChI=1S/C13H14N2O2/c1-9-10(3-2-4-12(9)14)7-15-13(16)11-5-6-17-8-11/h2-6,8H,7,14H2,1H3,(H,15,16). The molecule has 17 heavy (non-hydrogen) atoms. The molecule has 4 nitrogen and oxygen atoms in total. The monoisotopic (exact) mass is 230 g/mol. The molecule has 4 heteroatoms. The second-order valence-corrected chi connectivity index (χ2v) is 3.83. The number of amides is 1. The number of hydrogen-bond acceptors (Lipinski definition) is 3. The van der Waals surface area contributed by atoms with Crippen molar-refractivity contribution >= 4 is 11.6 Å². The number of carbonyl (C=O) groups is 1. The molecule has 2 aromatic rings. The van der Waals surface area contributed by atoms with Gasteiger partial charge in [0.2, 0.25) is 0 Å². The highest BCUT2D eigenvalue weighted by Gasteiger charge is 2.07. The van der Waals surface area contributed by atoms with Crippen LogP contribution in [0.5, 0.6) is 0 Å². The molecule has 0 bridgehead atoms. The van der Waals surface area contributed by atoms with E-state index in [1.807, 2.05) is 25.1 Å². The van der Waals surface area contributed by atoms with Crippen LogP contribution in [0, 0.1) is 6.92 Å². The van der Waals surface area contributed by atoms with Gasteiger partial charge >= 0.3 is 0 Å². The maximum Gasteiger partial charge on any atom is 0.254 e. The van der Waals surface area contributed by atoms with Gasteiger partial charge in [0, 0.05) is 12.2 Å². The number of nitrogen functional groups attached to an aromatic ring is 1. The molecule has 0 saturated heterocycles. The zero-order valence-corrected chi connectivity index (χ0v) is 9.57. The van der Waals surface area contributed by atoms with Crippen molar-refractivity contribution < 1.29 is 9.21 Å². The Bertz CT molecular complexity index is 518. The summed E-state index contributed by atoms with van der Waals surface area (Å²) >= 11 is 0. The van der Waals surface area contributed by atoms with E-state index in [2.05, 4.69) is 5.32 Å². The van der Waals surface area contributed by atoms with E-state index < -0.39 is 0 Å². The predicted molar refractivity (Wildman–Crippen MR) is 65.5 cm³/mol. The van der Waals surface area contributed by atoms with Crippen LogP contribution in [-0.2, 0) is 6.54 Å². The Labute approximate surface area is 99.4 Å². The highest BCUT2D eigenvalue weighted by atomic mass is 16.3. The fourth-order valence-electron chi connectivity index (χ4n) is 1.57. The summed E-state index contributed by atoms with van der Waals surface area (Å²) in [5, 5.41) is 2.81. The second kappa shape index (κ2) is 4.74. The molecule has 1 heterocycles. The number of nitrogens with two attached hydrogens (primary N) is 1. The Kier molecular flexibility index (Phi) is 3.14. The Morgan fingerprint density at radius 2 is 2.24 bits per heavy atom. The predicted octanol–water partition coefficient (Wildman–Crippen LogP) is 2.10. The van der Waals surface area contributed by atoms with Gasteiger partial charge in [0.15, 0.2) is 0 Å². The first kappa shape index (κ1) is 11.3. The Hall–Kier alpha value is -2.23. The number of benzene rings is 1. The molecule has 0 atom stereocenters. The quantitative estimate of drug-likeness (QED) is 0.793. The molecule has 1 aromatic carbocycles. The van der Waals surface area contributed by atoms with Crippen LogP contribution in [0.15, 0.2) is 41.2 Å². The van der Waals surface area contributed by atoms with Crippen LogP contribution in [0.25, 0.3) is 0 Å². The van der Waals surface area contributed by atoms with Crippen molar-refractivity contribution in [1.29, 1.82) is 0 Å². The van der Waals surface area contributed by atoms with Crippen LogP contribution >= 0.6 is 0 Å². The number of anilines is 1.